The van der Waals surface area contributed by atoms with Crippen LogP contribution < -0.4 is 5.32 Å². The highest BCUT2D eigenvalue weighted by molar-refractivity contribution is 4.80. The number of hydrogen-bond donors (Lipinski definition) is 1. The van der Waals surface area contributed by atoms with E-state index in [9.17, 15) is 0 Å². The number of nitrogens with one attached hydrogen (secondary N) is 1. The fourth-order valence-electron chi connectivity index (χ4n) is 3.73. The maximum Gasteiger partial charge on any atom is 0.0221 e. The summed E-state index contributed by atoms with van der Waals surface area (Å²) in [4.78, 5) is 5.04. The molecular formula is C16H33N3. The predicted molar refractivity (Wildman–Crippen MR) is 82.6 cm³/mol. The van der Waals surface area contributed by atoms with Crippen LogP contribution >= 0.6 is 0 Å². The summed E-state index contributed by atoms with van der Waals surface area (Å²) < 4.78 is 0. The van der Waals surface area contributed by atoms with E-state index in [1.807, 2.05) is 0 Å². The average molecular weight is 267 g/mol. The van der Waals surface area contributed by atoms with E-state index in [0.29, 0.717) is 0 Å². The monoisotopic (exact) mass is 267 g/mol. The van der Waals surface area contributed by atoms with E-state index in [-0.39, 0.29) is 0 Å². The highest BCUT2D eigenvalue weighted by Gasteiger charge is 2.22. The van der Waals surface area contributed by atoms with Crippen molar-refractivity contribution in [1.29, 1.82) is 0 Å². The van der Waals surface area contributed by atoms with Crippen LogP contribution in [0.3, 0.4) is 0 Å². The molecule has 19 heavy (non-hydrogen) atoms. The molecule has 0 aromatic carbocycles. The van der Waals surface area contributed by atoms with Gasteiger partial charge in [-0.2, -0.15) is 0 Å². The molecule has 0 bridgehead atoms. The first kappa shape index (κ1) is 15.3. The fourth-order valence-corrected chi connectivity index (χ4v) is 3.73. The Balaban J connectivity index is 1.64. The number of hydrogen-bond acceptors (Lipinski definition) is 3. The van der Waals surface area contributed by atoms with E-state index < -0.39 is 0 Å². The Kier molecular flexibility index (Phi) is 6.11. The lowest BCUT2D eigenvalue weighted by atomic mass is 9.86. The topological polar surface area (TPSA) is 18.5 Å². The summed E-state index contributed by atoms with van der Waals surface area (Å²) in [7, 11) is 4.55. The van der Waals surface area contributed by atoms with Crippen molar-refractivity contribution >= 4 is 0 Å². The summed E-state index contributed by atoms with van der Waals surface area (Å²) >= 11 is 0. The van der Waals surface area contributed by atoms with Crippen LogP contribution in [0.4, 0.5) is 0 Å². The number of likely N-dealkylation sites (N-methyl/N-ethyl adjacent to an activating group) is 2. The lowest BCUT2D eigenvalue weighted by Gasteiger charge is -2.36. The van der Waals surface area contributed by atoms with E-state index in [0.717, 1.165) is 24.5 Å². The van der Waals surface area contributed by atoms with E-state index in [1.165, 1.54) is 58.2 Å². The second kappa shape index (κ2) is 7.61. The fraction of sp³-hybridized carbons (Fsp3) is 1.00. The molecule has 0 radical (unpaired) electrons. The standard InChI is InChI=1S/C16H33N3/c1-14-7-4-5-9-16(14)17-10-12-19(3)15-8-6-11-18(2)13-15/h14-17H,4-13H2,1-3H3. The van der Waals surface area contributed by atoms with Crippen molar-refractivity contribution in [2.24, 2.45) is 5.92 Å². The molecule has 1 saturated carbocycles. The quantitative estimate of drug-likeness (QED) is 0.824. The van der Waals surface area contributed by atoms with Gasteiger partial charge in [0.1, 0.15) is 0 Å². The van der Waals surface area contributed by atoms with Gasteiger partial charge in [0, 0.05) is 31.7 Å². The molecule has 112 valence electrons. The minimum atomic E-state index is 0.768. The summed E-state index contributed by atoms with van der Waals surface area (Å²) in [6, 6.07) is 1.54. The third-order valence-electron chi connectivity index (χ3n) is 5.21. The van der Waals surface area contributed by atoms with Gasteiger partial charge in [0.05, 0.1) is 0 Å². The summed E-state index contributed by atoms with van der Waals surface area (Å²) in [5, 5.41) is 3.80. The molecule has 1 aliphatic heterocycles. The molecule has 1 aliphatic carbocycles. The van der Waals surface area contributed by atoms with Crippen molar-refractivity contribution in [3.63, 3.8) is 0 Å². The van der Waals surface area contributed by atoms with Crippen LogP contribution in [0.5, 0.6) is 0 Å². The molecule has 1 saturated heterocycles. The molecule has 3 heteroatoms. The second-order valence-electron chi connectivity index (χ2n) is 6.86. The van der Waals surface area contributed by atoms with Gasteiger partial charge in [-0.3, -0.25) is 0 Å². The maximum absolute atomic E-state index is 3.80. The normalized spacial score (nSPS) is 33.8. The SMILES string of the molecule is CC1CCCCC1NCCN(C)C1CCCN(C)C1. The summed E-state index contributed by atoms with van der Waals surface area (Å²) in [6.45, 7) is 7.29. The molecule has 0 aromatic rings. The van der Waals surface area contributed by atoms with E-state index >= 15 is 0 Å². The molecule has 3 unspecified atom stereocenters. The van der Waals surface area contributed by atoms with Crippen LogP contribution in [0.15, 0.2) is 0 Å². The molecule has 1 N–H and O–H groups in total. The van der Waals surface area contributed by atoms with Crippen LogP contribution in [-0.2, 0) is 0 Å². The van der Waals surface area contributed by atoms with Gasteiger partial charge in [-0.1, -0.05) is 19.8 Å². The summed E-state index contributed by atoms with van der Waals surface area (Å²) in [5.74, 6) is 0.875. The molecule has 3 nitrogen and oxygen atoms in total. The molecule has 3 atom stereocenters. The largest absolute Gasteiger partial charge is 0.312 e. The Morgan fingerprint density at radius 3 is 2.68 bits per heavy atom. The number of nitrogens with zero attached hydrogens (tertiary/aromatic N) is 2. The van der Waals surface area contributed by atoms with Crippen molar-refractivity contribution in [3.05, 3.63) is 0 Å². The van der Waals surface area contributed by atoms with Crippen molar-refractivity contribution in [2.45, 2.75) is 57.5 Å². The molecule has 2 rings (SSSR count). The Labute approximate surface area is 119 Å². The Morgan fingerprint density at radius 2 is 1.95 bits per heavy atom. The lowest BCUT2D eigenvalue weighted by molar-refractivity contribution is 0.132. The first-order chi connectivity index (χ1) is 9.16. The zero-order valence-corrected chi connectivity index (χ0v) is 13.2. The summed E-state index contributed by atoms with van der Waals surface area (Å²) in [5.41, 5.74) is 0. The second-order valence-corrected chi connectivity index (χ2v) is 6.86. The van der Waals surface area contributed by atoms with Gasteiger partial charge in [-0.05, 0) is 52.2 Å². The third kappa shape index (κ3) is 4.73. The van der Waals surface area contributed by atoms with Crippen molar-refractivity contribution < 1.29 is 0 Å². The molecule has 2 fully saturated rings. The molecule has 0 spiro atoms. The molecule has 0 amide bonds. The van der Waals surface area contributed by atoms with E-state index in [1.54, 1.807) is 0 Å². The molecule has 1 heterocycles. The Morgan fingerprint density at radius 1 is 1.16 bits per heavy atom. The van der Waals surface area contributed by atoms with Gasteiger partial charge in [0.15, 0.2) is 0 Å². The van der Waals surface area contributed by atoms with Gasteiger partial charge in [0.25, 0.3) is 0 Å². The molecule has 0 aromatic heterocycles. The number of piperidine rings is 1. The van der Waals surface area contributed by atoms with Gasteiger partial charge in [-0.25, -0.2) is 0 Å². The number of rotatable bonds is 5. The van der Waals surface area contributed by atoms with Crippen LogP contribution in [0, 0.1) is 5.92 Å². The van der Waals surface area contributed by atoms with E-state index in [2.05, 4.69) is 36.1 Å². The molecular weight excluding hydrogens is 234 g/mol. The van der Waals surface area contributed by atoms with Crippen molar-refractivity contribution in [3.8, 4) is 0 Å². The Bertz CT molecular complexity index is 256. The van der Waals surface area contributed by atoms with Crippen LogP contribution in [-0.4, -0.2) is 62.2 Å². The lowest BCUT2D eigenvalue weighted by Crippen LogP contribution is -2.48. The highest BCUT2D eigenvalue weighted by Crippen LogP contribution is 2.23. The van der Waals surface area contributed by atoms with Gasteiger partial charge < -0.3 is 15.1 Å². The zero-order chi connectivity index (χ0) is 13.7. The van der Waals surface area contributed by atoms with Crippen molar-refractivity contribution in [2.75, 3.05) is 40.3 Å². The first-order valence-corrected chi connectivity index (χ1v) is 8.29. The van der Waals surface area contributed by atoms with Gasteiger partial charge in [0.2, 0.25) is 0 Å². The van der Waals surface area contributed by atoms with Crippen molar-refractivity contribution in [1.82, 2.24) is 15.1 Å². The van der Waals surface area contributed by atoms with Gasteiger partial charge >= 0.3 is 0 Å². The zero-order valence-electron chi connectivity index (χ0n) is 13.2. The minimum Gasteiger partial charge on any atom is -0.312 e. The molecule has 2 aliphatic rings. The summed E-state index contributed by atoms with van der Waals surface area (Å²) in [6.07, 6.45) is 8.40. The Hall–Kier alpha value is -0.120. The van der Waals surface area contributed by atoms with Crippen LogP contribution in [0.25, 0.3) is 0 Å². The minimum absolute atomic E-state index is 0.768. The van der Waals surface area contributed by atoms with Gasteiger partial charge in [-0.15, -0.1) is 0 Å². The van der Waals surface area contributed by atoms with Crippen LogP contribution in [0.2, 0.25) is 0 Å². The smallest absolute Gasteiger partial charge is 0.0221 e. The third-order valence-corrected chi connectivity index (χ3v) is 5.21. The maximum atomic E-state index is 3.80. The first-order valence-electron chi connectivity index (χ1n) is 8.29. The van der Waals surface area contributed by atoms with E-state index in [4.69, 9.17) is 0 Å². The predicted octanol–water partition coefficient (Wildman–Crippen LogP) is 2.18. The van der Waals surface area contributed by atoms with Crippen LogP contribution in [0.1, 0.15) is 45.4 Å². The average Bonchev–Trinajstić information content (AvgIpc) is 2.41. The number of likely N-dealkylation sites (tertiary alicyclic amines) is 1. The highest BCUT2D eigenvalue weighted by atomic mass is 15.2.